The van der Waals surface area contributed by atoms with Gasteiger partial charge >= 0.3 is 0 Å². The monoisotopic (exact) mass is 727 g/mol. The van der Waals surface area contributed by atoms with Crippen molar-refractivity contribution >= 4 is 44.2 Å². The van der Waals surface area contributed by atoms with Gasteiger partial charge in [0.15, 0.2) is 0 Å². The highest BCUT2D eigenvalue weighted by molar-refractivity contribution is 5.95. The number of rotatable bonds is 8. The van der Waals surface area contributed by atoms with E-state index in [-0.39, 0.29) is 0 Å². The maximum absolute atomic E-state index is 2.43. The van der Waals surface area contributed by atoms with Crippen LogP contribution in [0, 0.1) is 0 Å². The molecule has 0 radical (unpaired) electrons. The second kappa shape index (κ2) is 15.1. The van der Waals surface area contributed by atoms with Crippen molar-refractivity contribution in [3.05, 3.63) is 230 Å². The minimum Gasteiger partial charge on any atom is -0.310 e. The molecule has 1 heteroatoms. The average molecular weight is 728 g/mol. The Balaban J connectivity index is 1.17. The summed E-state index contributed by atoms with van der Waals surface area (Å²) in [6.07, 6.45) is 8.83. The van der Waals surface area contributed by atoms with Gasteiger partial charge in [0.05, 0.1) is 0 Å². The minimum absolute atomic E-state index is 1.00. The van der Waals surface area contributed by atoms with Crippen LogP contribution in [-0.4, -0.2) is 0 Å². The normalized spacial score (nSPS) is 12.5. The molecule has 0 atom stereocenters. The first kappa shape index (κ1) is 34.3. The molecule has 0 fully saturated rings. The summed E-state index contributed by atoms with van der Waals surface area (Å²) in [6, 6.07) is 75.4. The topological polar surface area (TPSA) is 3.24 Å². The fraction of sp³-hybridized carbons (Fsp3) is 0.0357. The Morgan fingerprint density at radius 2 is 0.789 bits per heavy atom. The van der Waals surface area contributed by atoms with Crippen LogP contribution >= 0.6 is 0 Å². The number of hydrogen-bond acceptors (Lipinski definition) is 1. The lowest BCUT2D eigenvalue weighted by molar-refractivity contribution is 1.05. The lowest BCUT2D eigenvalue weighted by atomic mass is 9.89. The summed E-state index contributed by atoms with van der Waals surface area (Å²) < 4.78 is 0. The molecule has 0 spiro atoms. The molecule has 9 aromatic rings. The van der Waals surface area contributed by atoms with Crippen molar-refractivity contribution in [2.45, 2.75) is 12.8 Å². The molecule has 1 aliphatic carbocycles. The molecule has 0 N–H and O–H groups in total. The van der Waals surface area contributed by atoms with E-state index in [1.165, 1.54) is 77.2 Å². The van der Waals surface area contributed by atoms with Gasteiger partial charge in [-0.3, -0.25) is 0 Å². The van der Waals surface area contributed by atoms with Crippen LogP contribution in [0.3, 0.4) is 0 Å². The highest BCUT2D eigenvalue weighted by Crippen LogP contribution is 2.44. The second-order valence-corrected chi connectivity index (χ2v) is 14.9. The molecular formula is C56H41N. The third kappa shape index (κ3) is 6.86. The van der Waals surface area contributed by atoms with E-state index < -0.39 is 0 Å². The molecule has 10 rings (SSSR count). The SMILES string of the molecule is C1=CCCC(c2cc(N(c3ccc(-c4ccccc4)cc3)c3ccc(-c4ccc5ccccc5c4)c(-c4ccccc4)c3)ccc2-c2ccc3ccccc3c2)=C1. The first-order chi connectivity index (χ1) is 28.2. The summed E-state index contributed by atoms with van der Waals surface area (Å²) >= 11 is 0. The molecule has 0 bridgehead atoms. The van der Waals surface area contributed by atoms with Crippen molar-refractivity contribution in [2.75, 3.05) is 4.90 Å². The van der Waals surface area contributed by atoms with E-state index in [0.717, 1.165) is 29.9 Å². The minimum atomic E-state index is 1.00. The van der Waals surface area contributed by atoms with Gasteiger partial charge in [0.1, 0.15) is 0 Å². The van der Waals surface area contributed by atoms with Crippen LogP contribution in [0.4, 0.5) is 17.1 Å². The summed E-state index contributed by atoms with van der Waals surface area (Å²) in [4.78, 5) is 2.43. The van der Waals surface area contributed by atoms with Crippen LogP contribution in [0.1, 0.15) is 18.4 Å². The molecule has 57 heavy (non-hydrogen) atoms. The summed E-state index contributed by atoms with van der Waals surface area (Å²) in [6.45, 7) is 0. The molecule has 0 unspecified atom stereocenters. The Morgan fingerprint density at radius 1 is 0.316 bits per heavy atom. The second-order valence-electron chi connectivity index (χ2n) is 14.9. The van der Waals surface area contributed by atoms with E-state index in [0.29, 0.717) is 0 Å². The van der Waals surface area contributed by atoms with Gasteiger partial charge in [0.2, 0.25) is 0 Å². The Bertz CT molecular complexity index is 2940. The Hall–Kier alpha value is -7.22. The van der Waals surface area contributed by atoms with Gasteiger partial charge in [0, 0.05) is 17.1 Å². The van der Waals surface area contributed by atoms with E-state index in [1.807, 2.05) is 0 Å². The molecule has 1 nitrogen and oxygen atoms in total. The molecule has 0 saturated heterocycles. The fourth-order valence-electron chi connectivity index (χ4n) is 8.39. The van der Waals surface area contributed by atoms with Crippen LogP contribution < -0.4 is 4.90 Å². The maximum Gasteiger partial charge on any atom is 0.0468 e. The number of hydrogen-bond donors (Lipinski definition) is 0. The van der Waals surface area contributed by atoms with Crippen LogP contribution in [-0.2, 0) is 0 Å². The molecule has 0 saturated carbocycles. The predicted octanol–water partition coefficient (Wildman–Crippen LogP) is 15.9. The van der Waals surface area contributed by atoms with Crippen molar-refractivity contribution in [2.24, 2.45) is 0 Å². The zero-order chi connectivity index (χ0) is 38.0. The van der Waals surface area contributed by atoms with Gasteiger partial charge in [-0.05, 0) is 139 Å². The van der Waals surface area contributed by atoms with E-state index in [2.05, 4.69) is 229 Å². The van der Waals surface area contributed by atoms with Gasteiger partial charge in [-0.1, -0.05) is 176 Å². The number of benzene rings is 9. The van der Waals surface area contributed by atoms with Crippen LogP contribution in [0.5, 0.6) is 0 Å². The van der Waals surface area contributed by atoms with E-state index in [1.54, 1.807) is 0 Å². The third-order valence-corrected chi connectivity index (χ3v) is 11.3. The summed E-state index contributed by atoms with van der Waals surface area (Å²) in [5, 5.41) is 4.99. The summed E-state index contributed by atoms with van der Waals surface area (Å²) in [7, 11) is 0. The Kier molecular flexibility index (Phi) is 9.10. The molecule has 270 valence electrons. The average Bonchev–Trinajstić information content (AvgIpc) is 3.30. The fourth-order valence-corrected chi connectivity index (χ4v) is 8.39. The van der Waals surface area contributed by atoms with Crippen LogP contribution in [0.2, 0.25) is 0 Å². The molecule has 0 heterocycles. The molecule has 0 aromatic heterocycles. The molecule has 9 aromatic carbocycles. The van der Waals surface area contributed by atoms with Gasteiger partial charge in [-0.15, -0.1) is 0 Å². The number of anilines is 3. The predicted molar refractivity (Wildman–Crippen MR) is 244 cm³/mol. The van der Waals surface area contributed by atoms with Gasteiger partial charge in [-0.2, -0.15) is 0 Å². The zero-order valence-electron chi connectivity index (χ0n) is 31.7. The quantitative estimate of drug-likeness (QED) is 0.151. The van der Waals surface area contributed by atoms with Crippen molar-refractivity contribution < 1.29 is 0 Å². The summed E-state index contributed by atoms with van der Waals surface area (Å²) in [5.41, 5.74) is 15.7. The smallest absolute Gasteiger partial charge is 0.0468 e. The molecule has 0 aliphatic heterocycles. The zero-order valence-corrected chi connectivity index (χ0v) is 31.7. The van der Waals surface area contributed by atoms with E-state index in [9.17, 15) is 0 Å². The Labute approximate surface area is 335 Å². The highest BCUT2D eigenvalue weighted by Gasteiger charge is 2.20. The first-order valence-corrected chi connectivity index (χ1v) is 19.9. The van der Waals surface area contributed by atoms with Gasteiger partial charge < -0.3 is 4.90 Å². The van der Waals surface area contributed by atoms with Gasteiger partial charge in [0.25, 0.3) is 0 Å². The number of allylic oxidation sites excluding steroid dienone is 4. The Morgan fingerprint density at radius 3 is 1.37 bits per heavy atom. The lowest BCUT2D eigenvalue weighted by Crippen LogP contribution is -2.11. The standard InChI is InChI=1S/C56H41N/c1-4-14-40(15-5-1)43-28-30-50(31-29-43)57(51-32-34-53(55(38-51)44-18-6-2-7-19-44)48-26-24-41-16-10-12-22-46(41)36-48)52-33-35-54(56(39-52)45-20-8-3-9-21-45)49-27-25-42-17-11-13-23-47(42)37-49/h1-8,10-20,22-39H,9,21H2. The van der Waals surface area contributed by atoms with Gasteiger partial charge in [-0.25, -0.2) is 0 Å². The molecular weight excluding hydrogens is 687 g/mol. The van der Waals surface area contributed by atoms with Crippen molar-refractivity contribution in [1.82, 2.24) is 0 Å². The number of fused-ring (bicyclic) bond motifs is 2. The lowest BCUT2D eigenvalue weighted by Gasteiger charge is -2.28. The van der Waals surface area contributed by atoms with Crippen LogP contribution in [0.15, 0.2) is 224 Å². The molecule has 1 aliphatic rings. The number of nitrogens with zero attached hydrogens (tertiary/aromatic N) is 1. The summed E-state index contributed by atoms with van der Waals surface area (Å²) in [5.74, 6) is 0. The molecule has 0 amide bonds. The highest BCUT2D eigenvalue weighted by atomic mass is 15.1. The van der Waals surface area contributed by atoms with Crippen molar-refractivity contribution in [3.8, 4) is 44.5 Å². The van der Waals surface area contributed by atoms with Crippen LogP contribution in [0.25, 0.3) is 71.6 Å². The van der Waals surface area contributed by atoms with E-state index >= 15 is 0 Å². The largest absolute Gasteiger partial charge is 0.310 e. The first-order valence-electron chi connectivity index (χ1n) is 19.9. The van der Waals surface area contributed by atoms with Crippen molar-refractivity contribution in [1.29, 1.82) is 0 Å². The van der Waals surface area contributed by atoms with Crippen molar-refractivity contribution in [3.63, 3.8) is 0 Å². The van der Waals surface area contributed by atoms with E-state index in [4.69, 9.17) is 0 Å². The third-order valence-electron chi connectivity index (χ3n) is 11.3. The maximum atomic E-state index is 2.43.